The third kappa shape index (κ3) is 7.31. The smallest absolute Gasteiger partial charge is 0.410 e. The Morgan fingerprint density at radius 3 is 2.00 bits per heavy atom. The van der Waals surface area contributed by atoms with E-state index in [0.717, 1.165) is 16.7 Å². The van der Waals surface area contributed by atoms with Gasteiger partial charge in [0, 0.05) is 6.54 Å². The number of carbonyl (C=O) groups is 2. The van der Waals surface area contributed by atoms with Crippen molar-refractivity contribution in [3.05, 3.63) is 108 Å². The lowest BCUT2D eigenvalue weighted by Crippen LogP contribution is -2.53. The molecule has 0 spiro atoms. The molecule has 9 heteroatoms. The van der Waals surface area contributed by atoms with Crippen molar-refractivity contribution in [1.29, 1.82) is 0 Å². The summed E-state index contributed by atoms with van der Waals surface area (Å²) < 4.78 is 30.6. The van der Waals surface area contributed by atoms with Crippen molar-refractivity contribution >= 4 is 12.1 Å². The summed E-state index contributed by atoms with van der Waals surface area (Å²) >= 11 is 0. The van der Waals surface area contributed by atoms with Crippen LogP contribution >= 0.6 is 0 Å². The maximum atomic E-state index is 13.7. The number of carboxylic acids is 1. The Bertz CT molecular complexity index is 1290. The monoisotopic (exact) mass is 561 g/mol. The molecule has 2 aliphatic rings. The zero-order chi connectivity index (χ0) is 28.8. The highest BCUT2D eigenvalue weighted by Gasteiger charge is 2.58. The number of nitrogens with zero attached hydrogens (tertiary/aromatic N) is 1. The van der Waals surface area contributed by atoms with E-state index < -0.39 is 54.9 Å². The van der Waals surface area contributed by atoms with Gasteiger partial charge in [0.25, 0.3) is 0 Å². The Hall–Kier alpha value is -3.76. The molecule has 3 aromatic rings. The van der Waals surface area contributed by atoms with Crippen LogP contribution in [0.25, 0.3) is 0 Å². The quantitative estimate of drug-likeness (QED) is 0.344. The number of hydrogen-bond donors (Lipinski definition) is 1. The second-order valence-electron chi connectivity index (χ2n) is 10.6. The Kier molecular flexibility index (Phi) is 8.99. The molecule has 2 saturated heterocycles. The maximum absolute atomic E-state index is 13.7. The van der Waals surface area contributed by atoms with E-state index in [4.69, 9.17) is 23.7 Å². The summed E-state index contributed by atoms with van der Waals surface area (Å²) in [5, 5.41) is 9.99. The van der Waals surface area contributed by atoms with Crippen molar-refractivity contribution < 1.29 is 38.4 Å². The van der Waals surface area contributed by atoms with Crippen molar-refractivity contribution in [3.63, 3.8) is 0 Å². The Labute approximate surface area is 239 Å². The van der Waals surface area contributed by atoms with Gasteiger partial charge in [0.05, 0.1) is 19.1 Å². The highest BCUT2D eigenvalue weighted by atomic mass is 16.8. The number of carbonyl (C=O) groups excluding carboxylic acids is 1. The number of benzene rings is 3. The molecule has 2 heterocycles. The number of fused-ring (bicyclic) bond motifs is 1. The van der Waals surface area contributed by atoms with Gasteiger partial charge in [0.2, 0.25) is 0 Å². The fraction of sp³-hybridized carbons (Fsp3) is 0.375. The van der Waals surface area contributed by atoms with E-state index in [2.05, 4.69) is 0 Å². The van der Waals surface area contributed by atoms with Gasteiger partial charge < -0.3 is 28.8 Å². The van der Waals surface area contributed by atoms with Crippen LogP contribution in [0.15, 0.2) is 91.0 Å². The van der Waals surface area contributed by atoms with Crippen LogP contribution < -0.4 is 0 Å². The molecule has 5 atom stereocenters. The first kappa shape index (κ1) is 28.8. The zero-order valence-corrected chi connectivity index (χ0v) is 23.1. The second kappa shape index (κ2) is 12.8. The lowest BCUT2D eigenvalue weighted by atomic mass is 9.98. The molecule has 9 nitrogen and oxygen atoms in total. The summed E-state index contributed by atoms with van der Waals surface area (Å²) in [6.45, 7) is 3.97. The molecule has 2 fully saturated rings. The second-order valence-corrected chi connectivity index (χ2v) is 10.6. The third-order valence-electron chi connectivity index (χ3n) is 7.11. The molecule has 1 amide bonds. The molecular formula is C32H35NO8. The normalized spacial score (nSPS) is 23.5. The number of hydrogen-bond acceptors (Lipinski definition) is 7. The highest BCUT2D eigenvalue weighted by molar-refractivity contribution is 5.72. The molecule has 2 aliphatic heterocycles. The summed E-state index contributed by atoms with van der Waals surface area (Å²) in [5.41, 5.74) is 2.56. The molecule has 0 radical (unpaired) electrons. The van der Waals surface area contributed by atoms with Crippen LogP contribution in [-0.4, -0.2) is 58.5 Å². The Morgan fingerprint density at radius 2 is 1.41 bits per heavy atom. The minimum Gasteiger partial charge on any atom is -0.481 e. The maximum Gasteiger partial charge on any atom is 0.410 e. The van der Waals surface area contributed by atoms with E-state index >= 15 is 0 Å². The molecule has 3 aromatic carbocycles. The first-order valence-corrected chi connectivity index (χ1v) is 13.7. The Morgan fingerprint density at radius 1 is 0.854 bits per heavy atom. The van der Waals surface area contributed by atoms with Gasteiger partial charge in [0.15, 0.2) is 12.1 Å². The van der Waals surface area contributed by atoms with Gasteiger partial charge in [-0.15, -0.1) is 0 Å². The largest absolute Gasteiger partial charge is 0.481 e. The molecule has 0 aliphatic carbocycles. The summed E-state index contributed by atoms with van der Waals surface area (Å²) in [4.78, 5) is 27.3. The minimum absolute atomic E-state index is 0.0376. The van der Waals surface area contributed by atoms with Crippen LogP contribution in [0.4, 0.5) is 4.79 Å². The average Bonchev–Trinajstić information content (AvgIpc) is 3.45. The van der Waals surface area contributed by atoms with E-state index in [9.17, 15) is 14.7 Å². The molecule has 216 valence electrons. The molecule has 0 unspecified atom stereocenters. The number of ether oxygens (including phenoxy) is 5. The van der Waals surface area contributed by atoms with Crippen LogP contribution in [0.2, 0.25) is 0 Å². The summed E-state index contributed by atoms with van der Waals surface area (Å²) in [6.07, 6.45) is -4.04. The number of amides is 1. The minimum atomic E-state index is -1.09. The molecule has 0 aromatic heterocycles. The van der Waals surface area contributed by atoms with Gasteiger partial charge in [-0.3, -0.25) is 9.69 Å². The van der Waals surface area contributed by atoms with E-state index in [-0.39, 0.29) is 19.8 Å². The number of rotatable bonds is 11. The van der Waals surface area contributed by atoms with Crippen molar-refractivity contribution in [2.45, 2.75) is 76.5 Å². The van der Waals surface area contributed by atoms with E-state index in [1.807, 2.05) is 91.0 Å². The fourth-order valence-electron chi connectivity index (χ4n) is 5.25. The van der Waals surface area contributed by atoms with Crippen molar-refractivity contribution in [2.24, 2.45) is 0 Å². The SMILES string of the molecule is CC1(C)O[C@H]2O[C@H]([C@@H](CC(=O)O)N(Cc3ccccc3)C(=O)OCc3ccccc3)[C@H](OCc3ccccc3)[C@H]2O1. The molecule has 0 saturated carbocycles. The summed E-state index contributed by atoms with van der Waals surface area (Å²) in [5.74, 6) is -2.00. The zero-order valence-electron chi connectivity index (χ0n) is 23.1. The van der Waals surface area contributed by atoms with Gasteiger partial charge in [-0.1, -0.05) is 91.0 Å². The van der Waals surface area contributed by atoms with Crippen molar-refractivity contribution in [1.82, 2.24) is 4.90 Å². The number of carboxylic acid groups (broad SMARTS) is 1. The highest BCUT2D eigenvalue weighted by Crippen LogP contribution is 2.41. The first-order chi connectivity index (χ1) is 19.8. The van der Waals surface area contributed by atoms with Crippen LogP contribution in [0.3, 0.4) is 0 Å². The molecule has 41 heavy (non-hydrogen) atoms. The molecule has 5 rings (SSSR count). The van der Waals surface area contributed by atoms with Gasteiger partial charge in [-0.25, -0.2) is 4.79 Å². The van der Waals surface area contributed by atoms with E-state index in [1.165, 1.54) is 4.90 Å². The predicted molar refractivity (Wildman–Crippen MR) is 148 cm³/mol. The van der Waals surface area contributed by atoms with Gasteiger partial charge >= 0.3 is 12.1 Å². The summed E-state index contributed by atoms with van der Waals surface area (Å²) in [7, 11) is 0. The third-order valence-corrected chi connectivity index (χ3v) is 7.11. The van der Waals surface area contributed by atoms with Crippen LogP contribution in [-0.2, 0) is 48.2 Å². The Balaban J connectivity index is 1.45. The van der Waals surface area contributed by atoms with Crippen LogP contribution in [0.1, 0.15) is 37.0 Å². The van der Waals surface area contributed by atoms with E-state index in [1.54, 1.807) is 13.8 Å². The topological polar surface area (TPSA) is 104 Å². The van der Waals surface area contributed by atoms with Gasteiger partial charge in [-0.2, -0.15) is 0 Å². The van der Waals surface area contributed by atoms with E-state index in [0.29, 0.717) is 0 Å². The number of aliphatic carboxylic acids is 1. The van der Waals surface area contributed by atoms with Crippen LogP contribution in [0, 0.1) is 0 Å². The van der Waals surface area contributed by atoms with Gasteiger partial charge in [0.1, 0.15) is 24.9 Å². The molecular weight excluding hydrogens is 526 g/mol. The predicted octanol–water partition coefficient (Wildman–Crippen LogP) is 5.13. The fourth-order valence-corrected chi connectivity index (χ4v) is 5.25. The average molecular weight is 562 g/mol. The van der Waals surface area contributed by atoms with Crippen molar-refractivity contribution in [2.75, 3.05) is 0 Å². The summed E-state index contributed by atoms with van der Waals surface area (Å²) in [6, 6.07) is 27.3. The van der Waals surface area contributed by atoms with Crippen molar-refractivity contribution in [3.8, 4) is 0 Å². The molecule has 1 N–H and O–H groups in total. The standard InChI is InChI=1S/C32H35NO8/c1-32(2)40-29-28(37-20-23-14-8-4-9-15-23)27(39-30(29)41-32)25(18-26(34)35)33(19-22-12-6-3-7-13-22)31(36)38-21-24-16-10-5-11-17-24/h3-17,25,27-30H,18-21H2,1-2H3,(H,34,35)/t25-,27-,28+,29-,30-/m1/s1. The van der Waals surface area contributed by atoms with Gasteiger partial charge in [-0.05, 0) is 30.5 Å². The van der Waals surface area contributed by atoms with Crippen LogP contribution in [0.5, 0.6) is 0 Å². The molecule has 0 bridgehead atoms. The first-order valence-electron chi connectivity index (χ1n) is 13.7. The lowest BCUT2D eigenvalue weighted by molar-refractivity contribution is -0.226. The lowest BCUT2D eigenvalue weighted by Gasteiger charge is -2.37.